The van der Waals surface area contributed by atoms with E-state index in [1.54, 1.807) is 0 Å². The minimum atomic E-state index is -4.46. The molecule has 0 radical (unpaired) electrons. The third-order valence-corrected chi connectivity index (χ3v) is 5.31. The molecule has 1 aromatic rings. The van der Waals surface area contributed by atoms with Crippen LogP contribution in [0.1, 0.15) is 32.7 Å². The van der Waals surface area contributed by atoms with Crippen LogP contribution in [0, 0.1) is 0 Å². The highest BCUT2D eigenvalue weighted by Crippen LogP contribution is 2.39. The van der Waals surface area contributed by atoms with E-state index >= 15 is 0 Å². The highest BCUT2D eigenvalue weighted by Gasteiger charge is 2.53. The molecule has 9 heteroatoms. The van der Waals surface area contributed by atoms with E-state index in [4.69, 9.17) is 9.31 Å². The van der Waals surface area contributed by atoms with Crippen molar-refractivity contribution in [2.24, 2.45) is 0 Å². The summed E-state index contributed by atoms with van der Waals surface area (Å²) in [4.78, 5) is 3.47. The van der Waals surface area contributed by atoms with Crippen molar-refractivity contribution in [2.45, 2.75) is 45.1 Å². The fourth-order valence-corrected chi connectivity index (χ4v) is 3.04. The lowest BCUT2D eigenvalue weighted by Crippen LogP contribution is -2.41. The number of halogens is 4. The summed E-state index contributed by atoms with van der Waals surface area (Å²) in [7, 11) is -0.840. The van der Waals surface area contributed by atoms with Crippen LogP contribution in [-0.2, 0) is 15.5 Å². The average Bonchev–Trinajstić information content (AvgIpc) is 2.65. The summed E-state index contributed by atoms with van der Waals surface area (Å²) in [6.45, 7) is 7.36. The summed E-state index contributed by atoms with van der Waals surface area (Å²) >= 11 is 3.57. The molecule has 1 aliphatic rings. The Morgan fingerprint density at radius 1 is 1.16 bits per heavy atom. The van der Waals surface area contributed by atoms with Crippen LogP contribution >= 0.6 is 27.3 Å². The summed E-state index contributed by atoms with van der Waals surface area (Å²) in [6, 6.07) is 0. The molecule has 0 spiro atoms. The molecule has 0 amide bonds. The highest BCUT2D eigenvalue weighted by molar-refractivity contribution is 9.10. The zero-order valence-electron chi connectivity index (χ0n) is 10.8. The van der Waals surface area contributed by atoms with Crippen molar-refractivity contribution in [1.29, 1.82) is 0 Å². The Bertz CT molecular complexity index is 487. The monoisotopic (exact) mass is 357 g/mol. The minimum absolute atomic E-state index is 0.114. The smallest absolute Gasteiger partial charge is 0.399 e. The molecule has 1 aromatic heterocycles. The summed E-state index contributed by atoms with van der Waals surface area (Å²) in [5.41, 5.74) is -1.20. The van der Waals surface area contributed by atoms with E-state index < -0.39 is 29.5 Å². The molecule has 0 N–H and O–H groups in total. The van der Waals surface area contributed by atoms with Gasteiger partial charge in [0.25, 0.3) is 0 Å². The van der Waals surface area contributed by atoms with E-state index in [1.165, 1.54) is 0 Å². The predicted octanol–water partition coefficient (Wildman–Crippen LogP) is 3.22. The number of alkyl halides is 3. The summed E-state index contributed by atoms with van der Waals surface area (Å²) in [5, 5.41) is -0.913. The first-order chi connectivity index (χ1) is 8.44. The van der Waals surface area contributed by atoms with Gasteiger partial charge in [0, 0.05) is 0 Å². The number of nitrogens with zero attached hydrogens (tertiary/aromatic N) is 1. The zero-order valence-corrected chi connectivity index (χ0v) is 13.2. The van der Waals surface area contributed by atoms with Gasteiger partial charge >= 0.3 is 13.3 Å². The van der Waals surface area contributed by atoms with Gasteiger partial charge in [-0.25, -0.2) is 4.98 Å². The number of thiazole rings is 1. The first-order valence-electron chi connectivity index (χ1n) is 5.53. The second-order valence-electron chi connectivity index (χ2n) is 5.26. The van der Waals surface area contributed by atoms with Gasteiger partial charge in [0.15, 0.2) is 5.01 Å². The van der Waals surface area contributed by atoms with Crippen LogP contribution in [0.2, 0.25) is 0 Å². The van der Waals surface area contributed by atoms with Crippen molar-refractivity contribution in [3.05, 3.63) is 9.61 Å². The van der Waals surface area contributed by atoms with Crippen molar-refractivity contribution >= 4 is 39.2 Å². The minimum Gasteiger partial charge on any atom is -0.399 e. The number of hydrogen-bond acceptors (Lipinski definition) is 4. The Balaban J connectivity index is 2.33. The Morgan fingerprint density at radius 2 is 1.63 bits per heavy atom. The molecule has 0 unspecified atom stereocenters. The van der Waals surface area contributed by atoms with Crippen molar-refractivity contribution < 1.29 is 22.5 Å². The van der Waals surface area contributed by atoms with Gasteiger partial charge in [-0.05, 0) is 43.6 Å². The second kappa shape index (κ2) is 4.44. The number of rotatable bonds is 1. The second-order valence-corrected chi connectivity index (χ2v) is 7.04. The molecule has 0 bridgehead atoms. The lowest BCUT2D eigenvalue weighted by Gasteiger charge is -2.32. The molecule has 1 saturated heterocycles. The van der Waals surface area contributed by atoms with E-state index in [0.717, 1.165) is 0 Å². The van der Waals surface area contributed by atoms with E-state index in [0.29, 0.717) is 16.1 Å². The molecule has 0 saturated carbocycles. The maximum Gasteiger partial charge on any atom is 0.508 e. The topological polar surface area (TPSA) is 31.4 Å². The molecule has 1 fully saturated rings. The predicted molar refractivity (Wildman–Crippen MR) is 70.5 cm³/mol. The van der Waals surface area contributed by atoms with Gasteiger partial charge in [-0.15, -0.1) is 11.3 Å². The van der Waals surface area contributed by atoms with Crippen LogP contribution in [0.25, 0.3) is 0 Å². The average molecular weight is 358 g/mol. The van der Waals surface area contributed by atoms with Gasteiger partial charge in [0.2, 0.25) is 0 Å². The van der Waals surface area contributed by atoms with Crippen molar-refractivity contribution in [2.75, 3.05) is 0 Å². The lowest BCUT2D eigenvalue weighted by atomic mass is 9.89. The number of hydrogen-bond donors (Lipinski definition) is 0. The molecule has 1 aliphatic heterocycles. The van der Waals surface area contributed by atoms with Crippen LogP contribution in [-0.4, -0.2) is 23.3 Å². The molecule has 106 valence electrons. The third kappa shape index (κ3) is 2.70. The van der Waals surface area contributed by atoms with Gasteiger partial charge in [0.05, 0.1) is 16.0 Å². The first kappa shape index (κ1) is 15.3. The summed E-state index contributed by atoms with van der Waals surface area (Å²) < 4.78 is 49.7. The first-order valence-corrected chi connectivity index (χ1v) is 7.14. The van der Waals surface area contributed by atoms with Crippen molar-refractivity contribution in [1.82, 2.24) is 4.98 Å². The van der Waals surface area contributed by atoms with Crippen LogP contribution in [0.4, 0.5) is 13.2 Å². The standard InChI is InChI=1S/C10H12BBrF3NO2S/c1-8(2)9(3,4)18-11(17-8)5-6(12)16-7(19-5)10(13,14)15/h1-4H3. The Kier molecular flexibility index (Phi) is 3.57. The van der Waals surface area contributed by atoms with Crippen LogP contribution in [0.5, 0.6) is 0 Å². The molecule has 19 heavy (non-hydrogen) atoms. The summed E-state index contributed by atoms with van der Waals surface area (Å²) in [5.74, 6) is 0. The maximum atomic E-state index is 12.6. The molecule has 0 atom stereocenters. The van der Waals surface area contributed by atoms with E-state index in [-0.39, 0.29) is 4.60 Å². The highest BCUT2D eigenvalue weighted by atomic mass is 79.9. The number of aromatic nitrogens is 1. The van der Waals surface area contributed by atoms with Gasteiger partial charge in [-0.3, -0.25) is 0 Å². The lowest BCUT2D eigenvalue weighted by molar-refractivity contribution is -0.137. The molecular formula is C10H12BBrF3NO2S. The molecular weight excluding hydrogens is 346 g/mol. The largest absolute Gasteiger partial charge is 0.508 e. The van der Waals surface area contributed by atoms with Crippen molar-refractivity contribution in [3.63, 3.8) is 0 Å². The maximum absolute atomic E-state index is 12.6. The fourth-order valence-electron chi connectivity index (χ4n) is 1.53. The molecule has 2 rings (SSSR count). The molecule has 2 heterocycles. The van der Waals surface area contributed by atoms with Crippen LogP contribution in [0.3, 0.4) is 0 Å². The molecule has 0 aliphatic carbocycles. The van der Waals surface area contributed by atoms with Crippen LogP contribution in [0.15, 0.2) is 4.60 Å². The quantitative estimate of drug-likeness (QED) is 0.723. The van der Waals surface area contributed by atoms with E-state index in [9.17, 15) is 13.2 Å². The Labute approximate surface area is 121 Å². The van der Waals surface area contributed by atoms with Gasteiger partial charge in [0.1, 0.15) is 4.60 Å². The third-order valence-electron chi connectivity index (χ3n) is 3.32. The van der Waals surface area contributed by atoms with Gasteiger partial charge in [-0.2, -0.15) is 13.2 Å². The zero-order chi connectivity index (χ0) is 14.6. The van der Waals surface area contributed by atoms with E-state index in [1.807, 2.05) is 27.7 Å². The molecule has 0 aromatic carbocycles. The van der Waals surface area contributed by atoms with Gasteiger partial charge < -0.3 is 9.31 Å². The van der Waals surface area contributed by atoms with Crippen LogP contribution < -0.4 is 4.78 Å². The normalized spacial score (nSPS) is 22.0. The van der Waals surface area contributed by atoms with Gasteiger partial charge in [-0.1, -0.05) is 0 Å². The van der Waals surface area contributed by atoms with Crippen molar-refractivity contribution in [3.8, 4) is 0 Å². The SMILES string of the molecule is CC1(C)OB(c2sc(C(F)(F)F)nc2Br)OC1(C)C. The molecule has 3 nitrogen and oxygen atoms in total. The summed E-state index contributed by atoms with van der Waals surface area (Å²) in [6.07, 6.45) is -4.46. The fraction of sp³-hybridized carbons (Fsp3) is 0.700. The van der Waals surface area contributed by atoms with E-state index in [2.05, 4.69) is 20.9 Å². The Morgan fingerprint density at radius 3 is 2.00 bits per heavy atom. The Hall–Kier alpha value is -0.115.